The number of carbonyl (C=O) groups excluding carboxylic acids is 1. The van der Waals surface area contributed by atoms with Crippen molar-refractivity contribution in [1.82, 2.24) is 9.55 Å². The number of hydrogen-bond acceptors (Lipinski definition) is 3. The second-order valence-electron chi connectivity index (χ2n) is 3.97. The van der Waals surface area contributed by atoms with Crippen molar-refractivity contribution in [3.05, 3.63) is 45.4 Å². The van der Waals surface area contributed by atoms with E-state index in [1.807, 2.05) is 6.07 Å². The first-order valence-corrected chi connectivity index (χ1v) is 6.89. The predicted octanol–water partition coefficient (Wildman–Crippen LogP) is 3.22. The Bertz CT molecular complexity index is 611. The molecule has 1 unspecified atom stereocenters. The molecule has 0 aliphatic carbocycles. The molecule has 0 N–H and O–H groups in total. The first kappa shape index (κ1) is 11.9. The molecule has 2 heterocycles. The highest BCUT2D eigenvalue weighted by molar-refractivity contribution is 9.11. The fourth-order valence-corrected chi connectivity index (χ4v) is 3.32. The number of carbonyl (C=O) groups is 1. The van der Waals surface area contributed by atoms with E-state index in [2.05, 4.69) is 36.8 Å². The van der Waals surface area contributed by atoms with Crippen molar-refractivity contribution in [2.75, 3.05) is 6.61 Å². The highest BCUT2D eigenvalue weighted by atomic mass is 79.9. The number of aromatic nitrogens is 2. The third kappa shape index (κ3) is 1.89. The largest absolute Gasteiger partial charge is 0.489 e. The van der Waals surface area contributed by atoms with Crippen LogP contribution < -0.4 is 4.74 Å². The van der Waals surface area contributed by atoms with Gasteiger partial charge in [0.1, 0.15) is 18.4 Å². The maximum atomic E-state index is 12.4. The molecule has 1 aliphatic rings. The lowest BCUT2D eigenvalue weighted by Crippen LogP contribution is -2.30. The molecule has 3 rings (SSSR count). The summed E-state index contributed by atoms with van der Waals surface area (Å²) in [6.07, 6.45) is 5.05. The number of nitrogens with zero attached hydrogens (tertiary/aromatic N) is 2. The van der Waals surface area contributed by atoms with Crippen molar-refractivity contribution >= 4 is 37.6 Å². The zero-order valence-electron chi connectivity index (χ0n) is 9.14. The van der Waals surface area contributed by atoms with Crippen molar-refractivity contribution in [3.8, 4) is 5.75 Å². The van der Waals surface area contributed by atoms with Crippen molar-refractivity contribution in [2.24, 2.45) is 0 Å². The molecule has 92 valence electrons. The van der Waals surface area contributed by atoms with Gasteiger partial charge in [0.25, 0.3) is 0 Å². The number of fused-ring (bicyclic) bond motifs is 1. The van der Waals surface area contributed by atoms with Crippen LogP contribution in [0.4, 0.5) is 0 Å². The lowest BCUT2D eigenvalue weighted by atomic mass is 10.0. The fourth-order valence-electron chi connectivity index (χ4n) is 1.98. The standard InChI is InChI=1S/C12H8Br2N2O2/c13-7-3-8-11(17)10(16-2-1-15-6-16)5-18-12(8)9(14)4-7/h1-4,6,10H,5H2. The molecule has 0 saturated heterocycles. The summed E-state index contributed by atoms with van der Waals surface area (Å²) in [6, 6.07) is 3.30. The monoisotopic (exact) mass is 370 g/mol. The molecule has 0 spiro atoms. The van der Waals surface area contributed by atoms with Crippen molar-refractivity contribution in [3.63, 3.8) is 0 Å². The highest BCUT2D eigenvalue weighted by Gasteiger charge is 2.31. The Morgan fingerprint density at radius 2 is 2.22 bits per heavy atom. The SMILES string of the molecule is O=C1c2cc(Br)cc(Br)c2OCC1n1ccnc1. The van der Waals surface area contributed by atoms with Crippen molar-refractivity contribution in [2.45, 2.75) is 6.04 Å². The highest BCUT2D eigenvalue weighted by Crippen LogP contribution is 2.38. The van der Waals surface area contributed by atoms with Gasteiger partial charge in [0.2, 0.25) is 0 Å². The van der Waals surface area contributed by atoms with Crippen LogP contribution in [-0.2, 0) is 0 Å². The van der Waals surface area contributed by atoms with Crippen LogP contribution in [0.25, 0.3) is 0 Å². The molecular formula is C12H8Br2N2O2. The van der Waals surface area contributed by atoms with Crippen LogP contribution in [0.1, 0.15) is 16.4 Å². The summed E-state index contributed by atoms with van der Waals surface area (Å²) in [4.78, 5) is 16.4. The van der Waals surface area contributed by atoms with E-state index >= 15 is 0 Å². The zero-order chi connectivity index (χ0) is 12.7. The summed E-state index contributed by atoms with van der Waals surface area (Å²) in [7, 11) is 0. The number of rotatable bonds is 1. The van der Waals surface area contributed by atoms with E-state index in [1.165, 1.54) is 0 Å². The number of Topliss-reactive ketones (excluding diaryl/α,β-unsaturated/α-hetero) is 1. The van der Waals surface area contributed by atoms with Gasteiger partial charge in [-0.05, 0) is 28.1 Å². The van der Waals surface area contributed by atoms with E-state index in [4.69, 9.17) is 4.74 Å². The minimum Gasteiger partial charge on any atom is -0.489 e. The summed E-state index contributed by atoms with van der Waals surface area (Å²) >= 11 is 6.78. The average molecular weight is 372 g/mol. The first-order chi connectivity index (χ1) is 8.66. The number of imidazole rings is 1. The molecule has 2 aromatic rings. The minimum absolute atomic E-state index is 0.0382. The molecule has 1 aromatic carbocycles. The van der Waals surface area contributed by atoms with Gasteiger partial charge in [-0.3, -0.25) is 4.79 Å². The van der Waals surface area contributed by atoms with Gasteiger partial charge in [-0.2, -0.15) is 0 Å². The molecule has 0 radical (unpaired) electrons. The van der Waals surface area contributed by atoms with E-state index in [1.54, 1.807) is 29.4 Å². The van der Waals surface area contributed by atoms with E-state index in [9.17, 15) is 4.79 Å². The molecule has 4 nitrogen and oxygen atoms in total. The molecule has 1 atom stereocenters. The number of benzene rings is 1. The lowest BCUT2D eigenvalue weighted by Gasteiger charge is -2.25. The maximum absolute atomic E-state index is 12.4. The molecule has 6 heteroatoms. The smallest absolute Gasteiger partial charge is 0.192 e. The Labute approximate surface area is 120 Å². The third-order valence-electron chi connectivity index (χ3n) is 2.85. The average Bonchev–Trinajstić information content (AvgIpc) is 2.84. The number of hydrogen-bond donors (Lipinski definition) is 0. The molecule has 0 fully saturated rings. The fraction of sp³-hybridized carbons (Fsp3) is 0.167. The molecule has 1 aliphatic heterocycles. The van der Waals surface area contributed by atoms with E-state index in [0.29, 0.717) is 17.9 Å². The Morgan fingerprint density at radius 3 is 2.94 bits per heavy atom. The van der Waals surface area contributed by atoms with Crippen LogP contribution in [-0.4, -0.2) is 21.9 Å². The Hall–Kier alpha value is -1.14. The predicted molar refractivity (Wildman–Crippen MR) is 72.9 cm³/mol. The van der Waals surface area contributed by atoms with Gasteiger partial charge < -0.3 is 9.30 Å². The first-order valence-electron chi connectivity index (χ1n) is 5.30. The van der Waals surface area contributed by atoms with E-state index in [0.717, 1.165) is 8.95 Å². The maximum Gasteiger partial charge on any atom is 0.192 e. The van der Waals surface area contributed by atoms with Crippen LogP contribution in [0.5, 0.6) is 5.75 Å². The number of halogens is 2. The zero-order valence-corrected chi connectivity index (χ0v) is 12.3. The lowest BCUT2D eigenvalue weighted by molar-refractivity contribution is 0.0840. The van der Waals surface area contributed by atoms with Crippen LogP contribution in [0.3, 0.4) is 0 Å². The van der Waals surface area contributed by atoms with Crippen LogP contribution in [0, 0.1) is 0 Å². The van der Waals surface area contributed by atoms with Crippen LogP contribution in [0.2, 0.25) is 0 Å². The minimum atomic E-state index is -0.346. The molecule has 1 aromatic heterocycles. The van der Waals surface area contributed by atoms with Gasteiger partial charge >= 0.3 is 0 Å². The van der Waals surface area contributed by atoms with Gasteiger partial charge in [0, 0.05) is 16.9 Å². The molecule has 0 bridgehead atoms. The Balaban J connectivity index is 2.07. The summed E-state index contributed by atoms with van der Waals surface area (Å²) in [5.74, 6) is 0.649. The summed E-state index contributed by atoms with van der Waals surface area (Å²) < 4.78 is 9.07. The van der Waals surface area contributed by atoms with Gasteiger partial charge in [-0.1, -0.05) is 15.9 Å². The van der Waals surface area contributed by atoms with Crippen molar-refractivity contribution < 1.29 is 9.53 Å². The topological polar surface area (TPSA) is 44.1 Å². The van der Waals surface area contributed by atoms with Gasteiger partial charge in [-0.25, -0.2) is 4.98 Å². The van der Waals surface area contributed by atoms with Gasteiger partial charge in [-0.15, -0.1) is 0 Å². The van der Waals surface area contributed by atoms with Crippen LogP contribution in [0.15, 0.2) is 39.8 Å². The Kier molecular flexibility index (Phi) is 2.99. The van der Waals surface area contributed by atoms with Gasteiger partial charge in [0.15, 0.2) is 5.78 Å². The van der Waals surface area contributed by atoms with E-state index < -0.39 is 0 Å². The second kappa shape index (κ2) is 4.51. The molecule has 0 saturated carbocycles. The number of ketones is 1. The summed E-state index contributed by atoms with van der Waals surface area (Å²) in [6.45, 7) is 0.322. The van der Waals surface area contributed by atoms with Crippen LogP contribution >= 0.6 is 31.9 Å². The second-order valence-corrected chi connectivity index (χ2v) is 5.74. The normalized spacial score (nSPS) is 18.3. The summed E-state index contributed by atoms with van der Waals surface area (Å²) in [5.41, 5.74) is 0.584. The third-order valence-corrected chi connectivity index (χ3v) is 3.89. The quantitative estimate of drug-likeness (QED) is 0.773. The van der Waals surface area contributed by atoms with Gasteiger partial charge in [0.05, 0.1) is 16.4 Å². The van der Waals surface area contributed by atoms with Crippen molar-refractivity contribution in [1.29, 1.82) is 0 Å². The molecule has 0 amide bonds. The number of ether oxygens (including phenoxy) is 1. The van der Waals surface area contributed by atoms with E-state index in [-0.39, 0.29) is 11.8 Å². The Morgan fingerprint density at radius 1 is 1.39 bits per heavy atom. The summed E-state index contributed by atoms with van der Waals surface area (Å²) in [5, 5.41) is 0. The molecule has 18 heavy (non-hydrogen) atoms. The molecular weight excluding hydrogens is 364 g/mol.